The number of rotatable bonds is 6. The van der Waals surface area contributed by atoms with Crippen LogP contribution in [0.5, 0.6) is 0 Å². The summed E-state index contributed by atoms with van der Waals surface area (Å²) in [4.78, 5) is 12.0. The highest BCUT2D eigenvalue weighted by Crippen LogP contribution is 2.45. The van der Waals surface area contributed by atoms with E-state index in [1.165, 1.54) is 11.1 Å². The molecular formula is C21H31NO4. The average Bonchev–Trinajstić information content (AvgIpc) is 3.20. The van der Waals surface area contributed by atoms with Crippen LogP contribution in [0.3, 0.4) is 0 Å². The van der Waals surface area contributed by atoms with Crippen LogP contribution in [0.4, 0.5) is 4.79 Å². The molecule has 5 heteroatoms. The molecule has 1 N–H and O–H groups in total. The number of hydrogen-bond donors (Lipinski definition) is 1. The van der Waals surface area contributed by atoms with Gasteiger partial charge >= 0.3 is 6.09 Å². The van der Waals surface area contributed by atoms with Crippen molar-refractivity contribution >= 4 is 6.09 Å². The van der Waals surface area contributed by atoms with Crippen LogP contribution in [-0.4, -0.2) is 37.7 Å². The van der Waals surface area contributed by atoms with Gasteiger partial charge in [0.1, 0.15) is 5.60 Å². The number of fused-ring (bicyclic) bond motifs is 1. The molecule has 1 aromatic rings. The molecule has 0 radical (unpaired) electrons. The number of carbonyl (C=O) groups is 1. The molecule has 0 aromatic heterocycles. The molecule has 1 atom stereocenters. The Balaban J connectivity index is 1.63. The van der Waals surface area contributed by atoms with Crippen molar-refractivity contribution in [2.75, 3.05) is 19.8 Å². The van der Waals surface area contributed by atoms with Gasteiger partial charge in [-0.05, 0) is 69.4 Å². The van der Waals surface area contributed by atoms with E-state index in [0.29, 0.717) is 19.8 Å². The smallest absolute Gasteiger partial charge is 0.407 e. The van der Waals surface area contributed by atoms with Gasteiger partial charge in [-0.2, -0.15) is 0 Å². The zero-order chi connectivity index (χ0) is 18.6. The maximum Gasteiger partial charge on any atom is 0.407 e. The maximum atomic E-state index is 12.0. The molecular weight excluding hydrogens is 330 g/mol. The molecule has 0 spiro atoms. The highest BCUT2D eigenvalue weighted by molar-refractivity contribution is 5.67. The monoisotopic (exact) mass is 361 g/mol. The van der Waals surface area contributed by atoms with Crippen LogP contribution in [0.1, 0.15) is 57.6 Å². The van der Waals surface area contributed by atoms with Crippen LogP contribution < -0.4 is 5.32 Å². The highest BCUT2D eigenvalue weighted by Gasteiger charge is 2.38. The SMILES string of the molecule is CC(C)(C)OC(=O)NCCC1(CCC2OCCO2)CCc2ccccc21. The van der Waals surface area contributed by atoms with Crippen molar-refractivity contribution in [3.8, 4) is 0 Å². The molecule has 2 aliphatic rings. The maximum absolute atomic E-state index is 12.0. The minimum atomic E-state index is -0.473. The van der Waals surface area contributed by atoms with Gasteiger partial charge in [-0.15, -0.1) is 0 Å². The fourth-order valence-electron chi connectivity index (χ4n) is 4.09. The Hall–Kier alpha value is -1.59. The second-order valence-corrected chi connectivity index (χ2v) is 8.33. The summed E-state index contributed by atoms with van der Waals surface area (Å²) < 4.78 is 16.6. The Morgan fingerprint density at radius 3 is 2.69 bits per heavy atom. The number of carbonyl (C=O) groups excluding carboxylic acids is 1. The van der Waals surface area contributed by atoms with E-state index in [1.54, 1.807) is 0 Å². The molecule has 0 saturated carbocycles. The van der Waals surface area contributed by atoms with Gasteiger partial charge in [0.25, 0.3) is 0 Å². The number of amides is 1. The first kappa shape index (κ1) is 19.2. The lowest BCUT2D eigenvalue weighted by molar-refractivity contribution is -0.0516. The Morgan fingerprint density at radius 1 is 1.23 bits per heavy atom. The second kappa shape index (κ2) is 7.97. The van der Waals surface area contributed by atoms with E-state index >= 15 is 0 Å². The van der Waals surface area contributed by atoms with Crippen molar-refractivity contribution in [3.05, 3.63) is 35.4 Å². The molecule has 3 rings (SSSR count). The molecule has 1 fully saturated rings. The zero-order valence-electron chi connectivity index (χ0n) is 16.2. The van der Waals surface area contributed by atoms with Gasteiger partial charge in [0.05, 0.1) is 13.2 Å². The van der Waals surface area contributed by atoms with Gasteiger partial charge < -0.3 is 19.5 Å². The molecule has 26 heavy (non-hydrogen) atoms. The number of hydrogen-bond acceptors (Lipinski definition) is 4. The lowest BCUT2D eigenvalue weighted by Crippen LogP contribution is -2.36. The van der Waals surface area contributed by atoms with Gasteiger partial charge in [0.15, 0.2) is 6.29 Å². The fourth-order valence-corrected chi connectivity index (χ4v) is 4.09. The molecule has 1 aromatic carbocycles. The summed E-state index contributed by atoms with van der Waals surface area (Å²) in [5.74, 6) is 0. The van der Waals surface area contributed by atoms with Gasteiger partial charge in [-0.3, -0.25) is 0 Å². The van der Waals surface area contributed by atoms with E-state index in [2.05, 4.69) is 29.6 Å². The van der Waals surface area contributed by atoms with Crippen LogP contribution in [0.25, 0.3) is 0 Å². The quantitative estimate of drug-likeness (QED) is 0.834. The zero-order valence-corrected chi connectivity index (χ0v) is 16.2. The first-order valence-electron chi connectivity index (χ1n) is 9.66. The predicted octanol–water partition coefficient (Wildman–Crippen LogP) is 3.94. The summed E-state index contributed by atoms with van der Waals surface area (Å²) in [7, 11) is 0. The Labute approximate surface area is 156 Å². The number of ether oxygens (including phenoxy) is 3. The van der Waals surface area contributed by atoms with Gasteiger partial charge in [-0.25, -0.2) is 4.79 Å². The fraction of sp³-hybridized carbons (Fsp3) is 0.667. The summed E-state index contributed by atoms with van der Waals surface area (Å²) in [6, 6.07) is 8.69. The summed E-state index contributed by atoms with van der Waals surface area (Å²) in [6.45, 7) is 7.62. The molecule has 144 valence electrons. The lowest BCUT2D eigenvalue weighted by Gasteiger charge is -2.32. The van der Waals surface area contributed by atoms with Crippen LogP contribution in [-0.2, 0) is 26.0 Å². The number of aryl methyl sites for hydroxylation is 1. The van der Waals surface area contributed by atoms with Gasteiger partial charge in [-0.1, -0.05) is 24.3 Å². The third kappa shape index (κ3) is 4.77. The average molecular weight is 361 g/mol. The van der Waals surface area contributed by atoms with Crippen LogP contribution in [0.2, 0.25) is 0 Å². The number of nitrogens with one attached hydrogen (secondary N) is 1. The Bertz CT molecular complexity index is 619. The van der Waals surface area contributed by atoms with Crippen molar-refractivity contribution in [3.63, 3.8) is 0 Å². The van der Waals surface area contributed by atoms with Gasteiger partial charge in [0.2, 0.25) is 0 Å². The molecule has 1 saturated heterocycles. The summed E-state index contributed by atoms with van der Waals surface area (Å²) >= 11 is 0. The predicted molar refractivity (Wildman–Crippen MR) is 100 cm³/mol. The minimum absolute atomic E-state index is 0.0704. The largest absolute Gasteiger partial charge is 0.444 e. The normalized spacial score (nSPS) is 23.0. The first-order valence-corrected chi connectivity index (χ1v) is 9.66. The van der Waals surface area contributed by atoms with E-state index in [9.17, 15) is 4.79 Å². The molecule has 1 aliphatic heterocycles. The van der Waals surface area contributed by atoms with Crippen LogP contribution in [0, 0.1) is 0 Å². The van der Waals surface area contributed by atoms with Crippen molar-refractivity contribution in [2.24, 2.45) is 0 Å². The van der Waals surface area contributed by atoms with E-state index in [4.69, 9.17) is 14.2 Å². The Morgan fingerprint density at radius 2 is 1.96 bits per heavy atom. The van der Waals surface area contributed by atoms with E-state index in [-0.39, 0.29) is 17.8 Å². The van der Waals surface area contributed by atoms with Crippen LogP contribution in [0.15, 0.2) is 24.3 Å². The minimum Gasteiger partial charge on any atom is -0.444 e. The molecule has 0 bridgehead atoms. The van der Waals surface area contributed by atoms with Crippen molar-refractivity contribution in [1.82, 2.24) is 5.32 Å². The molecule has 1 unspecified atom stereocenters. The summed E-state index contributed by atoms with van der Waals surface area (Å²) in [5, 5.41) is 2.93. The second-order valence-electron chi connectivity index (χ2n) is 8.33. The van der Waals surface area contributed by atoms with Crippen molar-refractivity contribution in [2.45, 2.75) is 70.2 Å². The van der Waals surface area contributed by atoms with E-state index in [1.807, 2.05) is 20.8 Å². The third-order valence-electron chi connectivity index (χ3n) is 5.28. The Kier molecular flexibility index (Phi) is 5.88. The lowest BCUT2D eigenvalue weighted by atomic mass is 9.75. The summed E-state index contributed by atoms with van der Waals surface area (Å²) in [5.41, 5.74) is 2.45. The summed E-state index contributed by atoms with van der Waals surface area (Å²) in [6.07, 6.45) is 4.56. The molecule has 5 nitrogen and oxygen atoms in total. The highest BCUT2D eigenvalue weighted by atomic mass is 16.7. The number of benzene rings is 1. The van der Waals surface area contributed by atoms with Crippen molar-refractivity contribution in [1.29, 1.82) is 0 Å². The standard InChI is InChI=1S/C21H31NO4/c1-20(2,3)26-19(23)22-13-12-21(11-9-18-24-14-15-25-18)10-8-16-6-4-5-7-17(16)21/h4-7,18H,8-15H2,1-3H3,(H,22,23). The number of alkyl carbamates (subject to hydrolysis) is 1. The van der Waals surface area contributed by atoms with E-state index < -0.39 is 5.60 Å². The first-order chi connectivity index (χ1) is 12.4. The molecule has 1 amide bonds. The topological polar surface area (TPSA) is 56.8 Å². The van der Waals surface area contributed by atoms with E-state index in [0.717, 1.165) is 32.1 Å². The van der Waals surface area contributed by atoms with Gasteiger partial charge in [0, 0.05) is 6.54 Å². The van der Waals surface area contributed by atoms with Crippen molar-refractivity contribution < 1.29 is 19.0 Å². The third-order valence-corrected chi connectivity index (χ3v) is 5.28. The van der Waals surface area contributed by atoms with Crippen LogP contribution >= 0.6 is 0 Å². The molecule has 1 aliphatic carbocycles. The molecule has 1 heterocycles.